The maximum Gasteiger partial charge on any atom is 0.137 e. The first-order chi connectivity index (χ1) is 8.83. The number of nitrogens with zero attached hydrogens (tertiary/aromatic N) is 1. The zero-order valence-electron chi connectivity index (χ0n) is 11.5. The van der Waals surface area contributed by atoms with Crippen LogP contribution < -0.4 is 10.1 Å². The Kier molecular flexibility index (Phi) is 5.00. The SMILES string of the molecule is CCCOc1cncc(C(CC2CC2)NCC)c1. The number of aromatic nitrogens is 1. The van der Waals surface area contributed by atoms with E-state index < -0.39 is 0 Å². The minimum atomic E-state index is 0.431. The van der Waals surface area contributed by atoms with Crippen LogP contribution in [0, 0.1) is 5.92 Å². The van der Waals surface area contributed by atoms with Gasteiger partial charge in [0.2, 0.25) is 0 Å². The van der Waals surface area contributed by atoms with Crippen LogP contribution in [0.25, 0.3) is 0 Å². The van der Waals surface area contributed by atoms with Crippen molar-refractivity contribution in [1.29, 1.82) is 0 Å². The van der Waals surface area contributed by atoms with Crippen molar-refractivity contribution in [3.8, 4) is 5.75 Å². The van der Waals surface area contributed by atoms with Crippen molar-refractivity contribution in [1.82, 2.24) is 10.3 Å². The van der Waals surface area contributed by atoms with Gasteiger partial charge in [0.15, 0.2) is 0 Å². The number of hydrogen-bond acceptors (Lipinski definition) is 3. The van der Waals surface area contributed by atoms with Gasteiger partial charge in [-0.2, -0.15) is 0 Å². The van der Waals surface area contributed by atoms with Gasteiger partial charge < -0.3 is 10.1 Å². The van der Waals surface area contributed by atoms with Crippen molar-refractivity contribution in [3.05, 3.63) is 24.0 Å². The molecular formula is C15H24N2O. The average molecular weight is 248 g/mol. The maximum atomic E-state index is 5.65. The molecule has 1 aromatic rings. The predicted octanol–water partition coefficient (Wildman–Crippen LogP) is 3.32. The quantitative estimate of drug-likeness (QED) is 0.766. The Morgan fingerprint density at radius 2 is 2.22 bits per heavy atom. The van der Waals surface area contributed by atoms with Gasteiger partial charge in [0.1, 0.15) is 5.75 Å². The summed E-state index contributed by atoms with van der Waals surface area (Å²) in [5, 5.41) is 3.56. The Labute approximate surface area is 110 Å². The second-order valence-corrected chi connectivity index (χ2v) is 5.09. The number of hydrogen-bond donors (Lipinski definition) is 1. The van der Waals surface area contributed by atoms with Gasteiger partial charge in [-0.3, -0.25) is 4.98 Å². The van der Waals surface area contributed by atoms with Crippen LogP contribution in [0.1, 0.15) is 51.1 Å². The molecular weight excluding hydrogens is 224 g/mol. The van der Waals surface area contributed by atoms with Crippen molar-refractivity contribution < 1.29 is 4.74 Å². The third kappa shape index (κ3) is 3.98. The molecule has 0 saturated heterocycles. The van der Waals surface area contributed by atoms with E-state index in [1.165, 1.54) is 24.8 Å². The highest BCUT2D eigenvalue weighted by Gasteiger charge is 2.26. The molecule has 1 aliphatic carbocycles. The van der Waals surface area contributed by atoms with E-state index in [4.69, 9.17) is 4.74 Å². The minimum absolute atomic E-state index is 0.431. The molecule has 18 heavy (non-hydrogen) atoms. The van der Waals surface area contributed by atoms with Crippen LogP contribution >= 0.6 is 0 Å². The van der Waals surface area contributed by atoms with Crippen molar-refractivity contribution in [2.75, 3.05) is 13.2 Å². The first-order valence-electron chi connectivity index (χ1n) is 7.14. The fraction of sp³-hybridized carbons (Fsp3) is 0.667. The molecule has 0 spiro atoms. The van der Waals surface area contributed by atoms with Crippen LogP contribution in [0.2, 0.25) is 0 Å². The Balaban J connectivity index is 2.02. The zero-order chi connectivity index (χ0) is 12.8. The Bertz CT molecular complexity index is 363. The van der Waals surface area contributed by atoms with Crippen molar-refractivity contribution in [3.63, 3.8) is 0 Å². The Hall–Kier alpha value is -1.09. The van der Waals surface area contributed by atoms with Gasteiger partial charge in [0.05, 0.1) is 12.8 Å². The summed E-state index contributed by atoms with van der Waals surface area (Å²) >= 11 is 0. The van der Waals surface area contributed by atoms with E-state index in [1.54, 1.807) is 6.20 Å². The lowest BCUT2D eigenvalue weighted by molar-refractivity contribution is 0.315. The minimum Gasteiger partial charge on any atom is -0.492 e. The highest BCUT2D eigenvalue weighted by Crippen LogP contribution is 2.37. The molecule has 3 heteroatoms. The van der Waals surface area contributed by atoms with E-state index in [2.05, 4.69) is 30.2 Å². The first kappa shape index (κ1) is 13.3. The van der Waals surface area contributed by atoms with E-state index in [0.29, 0.717) is 6.04 Å². The van der Waals surface area contributed by atoms with Crippen LogP contribution in [0.5, 0.6) is 5.75 Å². The Morgan fingerprint density at radius 1 is 1.39 bits per heavy atom. The van der Waals surface area contributed by atoms with Crippen LogP contribution in [-0.2, 0) is 0 Å². The highest BCUT2D eigenvalue weighted by atomic mass is 16.5. The van der Waals surface area contributed by atoms with Gasteiger partial charge >= 0.3 is 0 Å². The second kappa shape index (κ2) is 6.74. The summed E-state index contributed by atoms with van der Waals surface area (Å²) < 4.78 is 5.65. The molecule has 2 rings (SSSR count). The molecule has 1 aromatic heterocycles. The predicted molar refractivity (Wildman–Crippen MR) is 73.8 cm³/mol. The summed E-state index contributed by atoms with van der Waals surface area (Å²) in [6, 6.07) is 2.57. The summed E-state index contributed by atoms with van der Waals surface area (Å²) in [6.07, 6.45) is 8.81. The molecule has 0 aliphatic heterocycles. The van der Waals surface area contributed by atoms with E-state index in [0.717, 1.165) is 31.2 Å². The number of rotatable bonds is 8. The topological polar surface area (TPSA) is 34.1 Å². The first-order valence-corrected chi connectivity index (χ1v) is 7.14. The van der Waals surface area contributed by atoms with Gasteiger partial charge in [-0.05, 0) is 36.9 Å². The average Bonchev–Trinajstić information content (AvgIpc) is 3.20. The van der Waals surface area contributed by atoms with Crippen molar-refractivity contribution >= 4 is 0 Å². The molecule has 1 N–H and O–H groups in total. The second-order valence-electron chi connectivity index (χ2n) is 5.09. The van der Waals surface area contributed by atoms with Crippen LogP contribution in [0.4, 0.5) is 0 Å². The van der Waals surface area contributed by atoms with Crippen LogP contribution in [0.15, 0.2) is 18.5 Å². The standard InChI is InChI=1S/C15H24N2O/c1-3-7-18-14-9-13(10-16-11-14)15(17-4-2)8-12-5-6-12/h9-12,15,17H,3-8H2,1-2H3. The smallest absolute Gasteiger partial charge is 0.137 e. The molecule has 0 bridgehead atoms. The number of ether oxygens (including phenoxy) is 1. The summed E-state index contributed by atoms with van der Waals surface area (Å²) in [7, 11) is 0. The van der Waals surface area contributed by atoms with Crippen molar-refractivity contribution in [2.45, 2.75) is 45.6 Å². The molecule has 1 atom stereocenters. The van der Waals surface area contributed by atoms with Gasteiger partial charge in [-0.1, -0.05) is 26.7 Å². The molecule has 1 aliphatic rings. The number of nitrogens with one attached hydrogen (secondary N) is 1. The van der Waals surface area contributed by atoms with Gasteiger partial charge in [-0.25, -0.2) is 0 Å². The molecule has 0 radical (unpaired) electrons. The molecule has 0 aromatic carbocycles. The zero-order valence-corrected chi connectivity index (χ0v) is 11.5. The van der Waals surface area contributed by atoms with E-state index in [1.807, 2.05) is 6.20 Å². The van der Waals surface area contributed by atoms with Gasteiger partial charge in [0.25, 0.3) is 0 Å². The Morgan fingerprint density at radius 3 is 2.89 bits per heavy atom. The fourth-order valence-corrected chi connectivity index (χ4v) is 2.20. The maximum absolute atomic E-state index is 5.65. The lowest BCUT2D eigenvalue weighted by Gasteiger charge is -2.18. The summed E-state index contributed by atoms with van der Waals surface area (Å²) in [5.41, 5.74) is 1.26. The highest BCUT2D eigenvalue weighted by molar-refractivity contribution is 5.26. The van der Waals surface area contributed by atoms with Crippen molar-refractivity contribution in [2.24, 2.45) is 5.92 Å². The van der Waals surface area contributed by atoms with E-state index >= 15 is 0 Å². The largest absolute Gasteiger partial charge is 0.492 e. The van der Waals surface area contributed by atoms with Crippen LogP contribution in [0.3, 0.4) is 0 Å². The lowest BCUT2D eigenvalue weighted by atomic mass is 10.0. The van der Waals surface area contributed by atoms with Crippen LogP contribution in [-0.4, -0.2) is 18.1 Å². The third-order valence-electron chi connectivity index (χ3n) is 3.33. The summed E-state index contributed by atoms with van der Waals surface area (Å²) in [6.45, 7) is 6.04. The number of pyridine rings is 1. The van der Waals surface area contributed by atoms with E-state index in [9.17, 15) is 0 Å². The summed E-state index contributed by atoms with van der Waals surface area (Å²) in [4.78, 5) is 4.30. The summed E-state index contributed by atoms with van der Waals surface area (Å²) in [5.74, 6) is 1.81. The van der Waals surface area contributed by atoms with E-state index in [-0.39, 0.29) is 0 Å². The monoisotopic (exact) mass is 248 g/mol. The molecule has 1 saturated carbocycles. The molecule has 1 fully saturated rings. The molecule has 100 valence electrons. The molecule has 1 unspecified atom stereocenters. The fourth-order valence-electron chi connectivity index (χ4n) is 2.20. The third-order valence-corrected chi connectivity index (χ3v) is 3.33. The molecule has 3 nitrogen and oxygen atoms in total. The molecule has 0 amide bonds. The normalized spacial score (nSPS) is 16.6. The lowest BCUT2D eigenvalue weighted by Crippen LogP contribution is -2.21. The van der Waals surface area contributed by atoms with Gasteiger partial charge in [0, 0.05) is 12.2 Å². The van der Waals surface area contributed by atoms with Gasteiger partial charge in [-0.15, -0.1) is 0 Å². The molecule has 1 heterocycles.